The number of hydrogen-bond acceptors (Lipinski definition) is 5. The summed E-state index contributed by atoms with van der Waals surface area (Å²) in [6.45, 7) is 8.47. The second-order valence-corrected chi connectivity index (χ2v) is 6.38. The van der Waals surface area contributed by atoms with Crippen LogP contribution in [0.25, 0.3) is 11.0 Å². The molecule has 0 saturated carbocycles. The molecule has 0 aromatic carbocycles. The molecule has 0 bridgehead atoms. The second kappa shape index (κ2) is 4.92. The van der Waals surface area contributed by atoms with Crippen LogP contribution < -0.4 is 5.56 Å². The van der Waals surface area contributed by atoms with Gasteiger partial charge >= 0.3 is 0 Å². The third-order valence-corrected chi connectivity index (χ3v) is 3.66. The van der Waals surface area contributed by atoms with Crippen LogP contribution in [-0.2, 0) is 18.3 Å². The molecule has 1 N–H and O–H groups in total. The van der Waals surface area contributed by atoms with Gasteiger partial charge in [-0.1, -0.05) is 0 Å². The zero-order valence-corrected chi connectivity index (χ0v) is 12.9. The average Bonchev–Trinajstić information content (AvgIpc) is 2.69. The Bertz CT molecular complexity index is 718. The molecule has 3 rings (SSSR count). The zero-order chi connectivity index (χ0) is 15.2. The van der Waals surface area contributed by atoms with Gasteiger partial charge in [-0.15, -0.1) is 0 Å². The van der Waals surface area contributed by atoms with Gasteiger partial charge < -0.3 is 9.72 Å². The fourth-order valence-corrected chi connectivity index (χ4v) is 3.07. The second-order valence-electron chi connectivity index (χ2n) is 6.38. The van der Waals surface area contributed by atoms with E-state index in [4.69, 9.17) is 4.74 Å². The van der Waals surface area contributed by atoms with Crippen molar-refractivity contribution in [3.8, 4) is 0 Å². The van der Waals surface area contributed by atoms with E-state index in [0.29, 0.717) is 23.4 Å². The summed E-state index contributed by atoms with van der Waals surface area (Å²) >= 11 is 0. The molecule has 3 heterocycles. The Balaban J connectivity index is 1.88. The molecule has 0 radical (unpaired) electrons. The largest absolute Gasteiger partial charge is 0.370 e. The van der Waals surface area contributed by atoms with Crippen LogP contribution in [0.2, 0.25) is 0 Å². The Morgan fingerprint density at radius 3 is 3.00 bits per heavy atom. The average molecular weight is 291 g/mol. The van der Waals surface area contributed by atoms with Gasteiger partial charge in [0.15, 0.2) is 5.65 Å². The van der Waals surface area contributed by atoms with E-state index in [1.54, 1.807) is 17.9 Å². The number of morpholine rings is 1. The van der Waals surface area contributed by atoms with Gasteiger partial charge in [0.25, 0.3) is 5.56 Å². The van der Waals surface area contributed by atoms with Crippen molar-refractivity contribution in [1.29, 1.82) is 0 Å². The summed E-state index contributed by atoms with van der Waals surface area (Å²) < 4.78 is 7.52. The molecule has 1 fully saturated rings. The quantitative estimate of drug-likeness (QED) is 0.879. The Hall–Kier alpha value is -1.73. The highest BCUT2D eigenvalue weighted by atomic mass is 16.5. The fourth-order valence-electron chi connectivity index (χ4n) is 3.07. The smallest absolute Gasteiger partial charge is 0.262 e. The summed E-state index contributed by atoms with van der Waals surface area (Å²) in [6.07, 6.45) is 1.71. The highest BCUT2D eigenvalue weighted by Gasteiger charge is 2.31. The maximum atomic E-state index is 12.1. The molecule has 2 aromatic heterocycles. The lowest BCUT2D eigenvalue weighted by molar-refractivity contribution is -0.131. The van der Waals surface area contributed by atoms with Crippen molar-refractivity contribution in [2.75, 3.05) is 13.1 Å². The normalized spacial score (nSPS) is 22.8. The molecule has 114 valence electrons. The van der Waals surface area contributed by atoms with Gasteiger partial charge in [0.05, 0.1) is 24.4 Å². The van der Waals surface area contributed by atoms with Gasteiger partial charge in [0.1, 0.15) is 11.2 Å². The summed E-state index contributed by atoms with van der Waals surface area (Å²) in [7, 11) is 1.79. The highest BCUT2D eigenvalue weighted by molar-refractivity contribution is 5.72. The molecule has 7 nitrogen and oxygen atoms in total. The summed E-state index contributed by atoms with van der Waals surface area (Å²) in [5.41, 5.74) is 0.298. The van der Waals surface area contributed by atoms with Crippen molar-refractivity contribution < 1.29 is 4.74 Å². The third kappa shape index (κ3) is 2.84. The fraction of sp³-hybridized carbons (Fsp3) is 0.643. The van der Waals surface area contributed by atoms with Crippen LogP contribution in [0.4, 0.5) is 0 Å². The van der Waals surface area contributed by atoms with Crippen LogP contribution in [0.3, 0.4) is 0 Å². The molecule has 21 heavy (non-hydrogen) atoms. The molecule has 1 aliphatic heterocycles. The molecule has 2 aromatic rings. The number of nitrogens with zero attached hydrogens (tertiary/aromatic N) is 4. The predicted octanol–water partition coefficient (Wildman–Crippen LogP) is 0.656. The minimum Gasteiger partial charge on any atom is -0.370 e. The van der Waals surface area contributed by atoms with Crippen LogP contribution in [0.1, 0.15) is 26.6 Å². The Kier molecular flexibility index (Phi) is 3.33. The summed E-state index contributed by atoms with van der Waals surface area (Å²) in [5, 5.41) is 4.61. The van der Waals surface area contributed by atoms with E-state index in [0.717, 1.165) is 13.1 Å². The van der Waals surface area contributed by atoms with Crippen molar-refractivity contribution in [3.05, 3.63) is 22.4 Å². The monoisotopic (exact) mass is 291 g/mol. The van der Waals surface area contributed by atoms with Gasteiger partial charge in [-0.3, -0.25) is 14.4 Å². The van der Waals surface area contributed by atoms with Crippen LogP contribution in [0, 0.1) is 0 Å². The molecule has 1 aliphatic rings. The molecule has 7 heteroatoms. The number of hydrogen-bond donors (Lipinski definition) is 1. The molecule has 0 amide bonds. The van der Waals surface area contributed by atoms with Crippen molar-refractivity contribution >= 4 is 11.0 Å². The van der Waals surface area contributed by atoms with E-state index in [2.05, 4.69) is 40.7 Å². The van der Waals surface area contributed by atoms with Crippen molar-refractivity contribution in [1.82, 2.24) is 24.6 Å². The number of nitrogens with one attached hydrogen (secondary N) is 1. The van der Waals surface area contributed by atoms with E-state index in [-0.39, 0.29) is 17.3 Å². The van der Waals surface area contributed by atoms with Crippen LogP contribution in [0.5, 0.6) is 0 Å². The van der Waals surface area contributed by atoms with Gasteiger partial charge in [-0.2, -0.15) is 5.10 Å². The van der Waals surface area contributed by atoms with Crippen molar-refractivity contribution in [3.63, 3.8) is 0 Å². The Morgan fingerprint density at radius 1 is 1.52 bits per heavy atom. The molecule has 1 atom stereocenters. The van der Waals surface area contributed by atoms with Crippen LogP contribution in [0.15, 0.2) is 11.0 Å². The van der Waals surface area contributed by atoms with Crippen LogP contribution in [-0.4, -0.2) is 49.4 Å². The number of aromatic amines is 1. The van der Waals surface area contributed by atoms with E-state index < -0.39 is 0 Å². The summed E-state index contributed by atoms with van der Waals surface area (Å²) in [6, 6.07) is 0. The van der Waals surface area contributed by atoms with E-state index >= 15 is 0 Å². The van der Waals surface area contributed by atoms with Gasteiger partial charge in [-0.05, 0) is 20.8 Å². The first kappa shape index (κ1) is 14.2. The molecule has 0 spiro atoms. The lowest BCUT2D eigenvalue weighted by Gasteiger charge is -2.41. The minimum atomic E-state index is -0.186. The summed E-state index contributed by atoms with van der Waals surface area (Å²) in [4.78, 5) is 21.7. The SMILES string of the molecule is C[C@@H]1CN(Cc2nc3c(cnn3C)c(=O)[nH]2)CC(C)(C)O1. The lowest BCUT2D eigenvalue weighted by atomic mass is 10.1. The molecular weight excluding hydrogens is 270 g/mol. The Labute approximate surface area is 122 Å². The third-order valence-electron chi connectivity index (χ3n) is 3.66. The standard InChI is InChI=1S/C14H21N5O2/c1-9-6-19(8-14(2,3)21-9)7-11-16-12-10(13(20)17-11)5-15-18(12)4/h5,9H,6-8H2,1-4H3,(H,16,17,20)/t9-/m1/s1. The maximum absolute atomic E-state index is 12.1. The lowest BCUT2D eigenvalue weighted by Crippen LogP contribution is -2.51. The first-order chi connectivity index (χ1) is 9.84. The predicted molar refractivity (Wildman–Crippen MR) is 79.0 cm³/mol. The maximum Gasteiger partial charge on any atom is 0.262 e. The Morgan fingerprint density at radius 2 is 2.29 bits per heavy atom. The van der Waals surface area contributed by atoms with Crippen molar-refractivity contribution in [2.24, 2.45) is 7.05 Å². The molecule has 0 unspecified atom stereocenters. The number of rotatable bonds is 2. The van der Waals surface area contributed by atoms with E-state index in [1.807, 2.05) is 0 Å². The number of ether oxygens (including phenoxy) is 1. The number of aryl methyl sites for hydroxylation is 1. The number of H-pyrrole nitrogens is 1. The minimum absolute atomic E-state index is 0.135. The summed E-state index contributed by atoms with van der Waals surface area (Å²) in [5.74, 6) is 0.668. The number of fused-ring (bicyclic) bond motifs is 1. The van der Waals surface area contributed by atoms with Gasteiger partial charge in [-0.25, -0.2) is 4.98 Å². The topological polar surface area (TPSA) is 76.0 Å². The van der Waals surface area contributed by atoms with Crippen molar-refractivity contribution in [2.45, 2.75) is 39.0 Å². The molecule has 1 saturated heterocycles. The first-order valence-corrected chi connectivity index (χ1v) is 7.15. The first-order valence-electron chi connectivity index (χ1n) is 7.15. The van der Waals surface area contributed by atoms with Gasteiger partial charge in [0.2, 0.25) is 0 Å². The molecule has 0 aliphatic carbocycles. The zero-order valence-electron chi connectivity index (χ0n) is 12.9. The van der Waals surface area contributed by atoms with E-state index in [9.17, 15) is 4.79 Å². The van der Waals surface area contributed by atoms with Crippen LogP contribution >= 0.6 is 0 Å². The highest BCUT2D eigenvalue weighted by Crippen LogP contribution is 2.21. The molecular formula is C14H21N5O2. The van der Waals surface area contributed by atoms with E-state index in [1.165, 1.54) is 0 Å². The number of aromatic nitrogens is 4. The van der Waals surface area contributed by atoms with Gasteiger partial charge in [0, 0.05) is 20.1 Å².